The molecular formula is C52H37N3S. The largest absolute Gasteiger partial charge is 0.310 e. The highest BCUT2D eigenvalue weighted by molar-refractivity contribution is 7.26. The molecule has 1 heterocycles. The third-order valence-corrected chi connectivity index (χ3v) is 11.6. The van der Waals surface area contributed by atoms with Crippen molar-refractivity contribution in [2.75, 3.05) is 14.7 Å². The number of fused-ring (bicyclic) bond motifs is 5. The molecule has 0 bridgehead atoms. The lowest BCUT2D eigenvalue weighted by molar-refractivity contribution is 1.26. The van der Waals surface area contributed by atoms with E-state index in [0.717, 1.165) is 51.2 Å². The lowest BCUT2D eigenvalue weighted by Gasteiger charge is -2.30. The summed E-state index contributed by atoms with van der Waals surface area (Å²) in [4.78, 5) is 7.16. The Kier molecular flexibility index (Phi) is 8.71. The van der Waals surface area contributed by atoms with Crippen LogP contribution >= 0.6 is 11.3 Å². The van der Waals surface area contributed by atoms with Crippen LogP contribution in [0.4, 0.5) is 51.2 Å². The minimum absolute atomic E-state index is 1.09. The Morgan fingerprint density at radius 3 is 1.12 bits per heavy atom. The summed E-state index contributed by atoms with van der Waals surface area (Å²) < 4.78 is 2.49. The van der Waals surface area contributed by atoms with E-state index in [4.69, 9.17) is 0 Å². The van der Waals surface area contributed by atoms with Gasteiger partial charge in [0.15, 0.2) is 0 Å². The van der Waals surface area contributed by atoms with Crippen molar-refractivity contribution in [3.05, 3.63) is 224 Å². The van der Waals surface area contributed by atoms with Crippen LogP contribution in [-0.4, -0.2) is 0 Å². The fraction of sp³-hybridized carbons (Fsp3) is 0. The van der Waals surface area contributed by atoms with Crippen molar-refractivity contribution >= 4 is 93.5 Å². The van der Waals surface area contributed by atoms with E-state index < -0.39 is 0 Å². The van der Waals surface area contributed by atoms with Crippen LogP contribution in [0.2, 0.25) is 0 Å². The molecule has 0 saturated carbocycles. The highest BCUT2D eigenvalue weighted by Gasteiger charge is 2.24. The Morgan fingerprint density at radius 2 is 0.679 bits per heavy atom. The summed E-state index contributed by atoms with van der Waals surface area (Å²) in [6.45, 7) is 0. The highest BCUT2D eigenvalue weighted by atomic mass is 32.1. The van der Waals surface area contributed by atoms with Gasteiger partial charge in [0.25, 0.3) is 0 Å². The molecule has 0 amide bonds. The number of benzene rings is 9. The molecule has 10 aromatic rings. The standard InChI is InChI=1S/C52H37N3S/c1-7-20-38(21-8-1)53(39-22-9-2-10-23-39)44-36-47-51-46-32-19-33-48(54(40-24-11-3-12-25-40)41-26-13-4-14-27-41)45(46)34-35-50(51)56-52(47)49(37-44)55(42-28-15-5-16-29-42)43-30-17-6-18-31-43/h1-37H. The molecule has 0 atom stereocenters. The number of para-hydroxylation sites is 6. The van der Waals surface area contributed by atoms with E-state index >= 15 is 0 Å². The van der Waals surface area contributed by atoms with Gasteiger partial charge in [0.1, 0.15) is 0 Å². The third kappa shape index (κ3) is 6.03. The normalized spacial score (nSPS) is 11.2. The van der Waals surface area contributed by atoms with E-state index in [-0.39, 0.29) is 0 Å². The Hall–Kier alpha value is -7.14. The third-order valence-electron chi connectivity index (χ3n) is 10.4. The van der Waals surface area contributed by atoms with Crippen LogP contribution < -0.4 is 14.7 Å². The van der Waals surface area contributed by atoms with Crippen molar-refractivity contribution in [1.29, 1.82) is 0 Å². The molecule has 10 rings (SSSR count). The first-order valence-corrected chi connectivity index (χ1v) is 19.8. The molecule has 0 aliphatic rings. The van der Waals surface area contributed by atoms with Gasteiger partial charge in [-0.1, -0.05) is 127 Å². The van der Waals surface area contributed by atoms with Crippen LogP contribution in [-0.2, 0) is 0 Å². The van der Waals surface area contributed by atoms with Gasteiger partial charge in [0, 0.05) is 60.7 Å². The fourth-order valence-corrected chi connectivity index (χ4v) is 9.14. The molecule has 4 heteroatoms. The van der Waals surface area contributed by atoms with E-state index in [0.29, 0.717) is 0 Å². The summed E-state index contributed by atoms with van der Waals surface area (Å²) in [5.41, 5.74) is 10.0. The molecule has 56 heavy (non-hydrogen) atoms. The molecule has 0 saturated heterocycles. The summed E-state index contributed by atoms with van der Waals surface area (Å²) in [6.07, 6.45) is 0. The SMILES string of the molecule is c1ccc(N(c2ccccc2)c2cc(N(c3ccccc3)c3ccccc3)c3sc4ccc5c(N(c6ccccc6)c6ccccc6)cccc5c4c3c2)cc1. The summed E-state index contributed by atoms with van der Waals surface area (Å²) in [5, 5.41) is 4.91. The van der Waals surface area contributed by atoms with Gasteiger partial charge in [0.2, 0.25) is 0 Å². The molecule has 0 radical (unpaired) electrons. The Bertz CT molecular complexity index is 2780. The Morgan fingerprint density at radius 1 is 0.268 bits per heavy atom. The van der Waals surface area contributed by atoms with Crippen molar-refractivity contribution in [2.24, 2.45) is 0 Å². The van der Waals surface area contributed by atoms with Crippen LogP contribution in [0.5, 0.6) is 0 Å². The molecule has 3 nitrogen and oxygen atoms in total. The second-order valence-electron chi connectivity index (χ2n) is 13.8. The number of rotatable bonds is 9. The zero-order chi connectivity index (χ0) is 37.3. The Labute approximate surface area is 331 Å². The topological polar surface area (TPSA) is 9.72 Å². The highest BCUT2D eigenvalue weighted by Crippen LogP contribution is 2.51. The van der Waals surface area contributed by atoms with Crippen molar-refractivity contribution in [2.45, 2.75) is 0 Å². The van der Waals surface area contributed by atoms with Crippen LogP contribution in [0.15, 0.2) is 224 Å². The zero-order valence-corrected chi connectivity index (χ0v) is 31.4. The van der Waals surface area contributed by atoms with E-state index in [2.05, 4.69) is 239 Å². The maximum Gasteiger partial charge on any atom is 0.0661 e. The van der Waals surface area contributed by atoms with Crippen LogP contribution in [0.1, 0.15) is 0 Å². The van der Waals surface area contributed by atoms with Crippen molar-refractivity contribution in [3.63, 3.8) is 0 Å². The average Bonchev–Trinajstić information content (AvgIpc) is 3.66. The van der Waals surface area contributed by atoms with Crippen LogP contribution in [0.3, 0.4) is 0 Å². The maximum absolute atomic E-state index is 2.41. The number of hydrogen-bond acceptors (Lipinski definition) is 4. The quantitative estimate of drug-likeness (QED) is 0.146. The minimum Gasteiger partial charge on any atom is -0.310 e. The molecule has 266 valence electrons. The lowest BCUT2D eigenvalue weighted by Crippen LogP contribution is -2.13. The average molecular weight is 736 g/mol. The lowest BCUT2D eigenvalue weighted by atomic mass is 10.00. The number of anilines is 9. The molecule has 0 aliphatic carbocycles. The molecule has 0 aliphatic heterocycles. The van der Waals surface area contributed by atoms with E-state index in [1.807, 2.05) is 11.3 Å². The van der Waals surface area contributed by atoms with Crippen molar-refractivity contribution in [1.82, 2.24) is 0 Å². The molecule has 0 N–H and O–H groups in total. The van der Waals surface area contributed by atoms with Crippen molar-refractivity contribution in [3.8, 4) is 0 Å². The van der Waals surface area contributed by atoms with Gasteiger partial charge in [-0.2, -0.15) is 0 Å². The first-order chi connectivity index (χ1) is 27.8. The van der Waals surface area contributed by atoms with Crippen LogP contribution in [0.25, 0.3) is 30.9 Å². The summed E-state index contributed by atoms with van der Waals surface area (Å²) in [5.74, 6) is 0. The zero-order valence-electron chi connectivity index (χ0n) is 30.6. The van der Waals surface area contributed by atoms with Gasteiger partial charge in [-0.15, -0.1) is 11.3 Å². The van der Waals surface area contributed by atoms with E-state index in [1.165, 1.54) is 30.9 Å². The summed E-state index contributed by atoms with van der Waals surface area (Å²) in [6, 6.07) is 80.4. The van der Waals surface area contributed by atoms with Gasteiger partial charge in [-0.3, -0.25) is 0 Å². The fourth-order valence-electron chi connectivity index (χ4n) is 7.94. The summed E-state index contributed by atoms with van der Waals surface area (Å²) in [7, 11) is 0. The van der Waals surface area contributed by atoms with E-state index in [9.17, 15) is 0 Å². The van der Waals surface area contributed by atoms with Gasteiger partial charge in [-0.25, -0.2) is 0 Å². The van der Waals surface area contributed by atoms with Crippen LogP contribution in [0, 0.1) is 0 Å². The first kappa shape index (κ1) is 33.4. The molecule has 1 aromatic heterocycles. The van der Waals surface area contributed by atoms with Gasteiger partial charge in [0.05, 0.1) is 16.1 Å². The Balaban J connectivity index is 1.30. The molecular weight excluding hydrogens is 699 g/mol. The second-order valence-corrected chi connectivity index (χ2v) is 14.8. The summed E-state index contributed by atoms with van der Waals surface area (Å²) >= 11 is 1.87. The molecule has 0 fully saturated rings. The second kappa shape index (κ2) is 14.6. The van der Waals surface area contributed by atoms with Gasteiger partial charge < -0.3 is 14.7 Å². The number of hydrogen-bond donors (Lipinski definition) is 0. The minimum atomic E-state index is 1.09. The molecule has 9 aromatic carbocycles. The predicted molar refractivity (Wildman–Crippen MR) is 241 cm³/mol. The smallest absolute Gasteiger partial charge is 0.0661 e. The first-order valence-electron chi connectivity index (χ1n) is 18.9. The van der Waals surface area contributed by atoms with Gasteiger partial charge >= 0.3 is 0 Å². The predicted octanol–water partition coefficient (Wildman–Crippen LogP) is 15.6. The molecule has 0 unspecified atom stereocenters. The number of thiophene rings is 1. The van der Waals surface area contributed by atoms with Crippen molar-refractivity contribution < 1.29 is 0 Å². The number of nitrogens with zero attached hydrogens (tertiary/aromatic N) is 3. The molecule has 0 spiro atoms. The monoisotopic (exact) mass is 735 g/mol. The maximum atomic E-state index is 2.41. The van der Waals surface area contributed by atoms with E-state index in [1.54, 1.807) is 0 Å². The van der Waals surface area contributed by atoms with Gasteiger partial charge in [-0.05, 0) is 102 Å².